The van der Waals surface area contributed by atoms with Crippen LogP contribution in [0.15, 0.2) is 58.4 Å². The van der Waals surface area contributed by atoms with Crippen LogP contribution in [0, 0.1) is 11.7 Å². The number of aromatic amines is 1. The quantitative estimate of drug-likeness (QED) is 0.535. The summed E-state index contributed by atoms with van der Waals surface area (Å²) in [6.45, 7) is 2.01. The van der Waals surface area contributed by atoms with Crippen molar-refractivity contribution in [2.24, 2.45) is 5.10 Å². The number of aryl methyl sites for hydroxylation is 1. The smallest absolute Gasteiger partial charge is 0.296 e. The zero-order valence-electron chi connectivity index (χ0n) is 13.8. The molecule has 0 unspecified atom stereocenters. The summed E-state index contributed by atoms with van der Waals surface area (Å²) in [6, 6.07) is 14.8. The van der Waals surface area contributed by atoms with Crippen LogP contribution in [0.2, 0.25) is 5.02 Å². The van der Waals surface area contributed by atoms with Crippen molar-refractivity contribution in [1.29, 1.82) is 0 Å². The number of aromatic nitrogens is 3. The highest BCUT2D eigenvalue weighted by atomic mass is 35.5. The van der Waals surface area contributed by atoms with Crippen molar-refractivity contribution in [3.63, 3.8) is 0 Å². The lowest BCUT2D eigenvalue weighted by atomic mass is 10.2. The molecule has 0 bridgehead atoms. The lowest BCUT2D eigenvalue weighted by Gasteiger charge is -2.07. The van der Waals surface area contributed by atoms with Crippen molar-refractivity contribution in [2.75, 3.05) is 0 Å². The van der Waals surface area contributed by atoms with Gasteiger partial charge in [0.2, 0.25) is 4.77 Å². The van der Waals surface area contributed by atoms with Crippen molar-refractivity contribution >= 4 is 30.0 Å². The van der Waals surface area contributed by atoms with E-state index in [1.54, 1.807) is 13.1 Å². The number of nitrogens with one attached hydrogen (secondary N) is 1. The maximum atomic E-state index is 12.0. The summed E-state index contributed by atoms with van der Waals surface area (Å²) in [7, 11) is 0. The molecule has 0 radical (unpaired) electrons. The Morgan fingerprint density at radius 3 is 2.85 bits per heavy atom. The van der Waals surface area contributed by atoms with Gasteiger partial charge in [-0.1, -0.05) is 35.9 Å². The van der Waals surface area contributed by atoms with Crippen LogP contribution in [0.5, 0.6) is 5.75 Å². The standard InChI is InChI=1S/C18H15ClN4O2S/c1-12-17(24)23(18(26)22-21-12)20-10-14-3-2-4-16(9-14)25-11-13-5-7-15(19)8-6-13/h2-10H,11H2,1H3,(H,22,26)/b20-10+. The van der Waals surface area contributed by atoms with E-state index < -0.39 is 0 Å². The molecule has 2 aromatic carbocycles. The highest BCUT2D eigenvalue weighted by Gasteiger charge is 2.02. The van der Waals surface area contributed by atoms with Crippen molar-refractivity contribution in [3.05, 3.63) is 85.5 Å². The predicted octanol–water partition coefficient (Wildman–Crippen LogP) is 3.72. The highest BCUT2D eigenvalue weighted by molar-refractivity contribution is 7.71. The Labute approximate surface area is 159 Å². The van der Waals surface area contributed by atoms with Gasteiger partial charge in [0, 0.05) is 5.02 Å². The lowest BCUT2D eigenvalue weighted by molar-refractivity contribution is 0.306. The molecule has 132 valence electrons. The summed E-state index contributed by atoms with van der Waals surface area (Å²) in [5, 5.41) is 11.2. The van der Waals surface area contributed by atoms with Crippen LogP contribution >= 0.6 is 23.8 Å². The van der Waals surface area contributed by atoms with Crippen LogP contribution in [0.4, 0.5) is 0 Å². The summed E-state index contributed by atoms with van der Waals surface area (Å²) in [5.74, 6) is 0.687. The maximum Gasteiger partial charge on any atom is 0.296 e. The molecular weight excluding hydrogens is 372 g/mol. The van der Waals surface area contributed by atoms with Crippen LogP contribution in [0.3, 0.4) is 0 Å². The van der Waals surface area contributed by atoms with E-state index in [0.717, 1.165) is 15.8 Å². The minimum absolute atomic E-state index is 0.131. The maximum absolute atomic E-state index is 12.0. The van der Waals surface area contributed by atoms with Gasteiger partial charge in [-0.2, -0.15) is 14.9 Å². The van der Waals surface area contributed by atoms with Gasteiger partial charge in [0.25, 0.3) is 5.56 Å². The molecule has 0 aliphatic carbocycles. The Kier molecular flexibility index (Phi) is 5.60. The molecule has 26 heavy (non-hydrogen) atoms. The molecular formula is C18H15ClN4O2S. The molecule has 0 saturated heterocycles. The zero-order chi connectivity index (χ0) is 18.5. The molecule has 6 nitrogen and oxygen atoms in total. The molecule has 3 aromatic rings. The van der Waals surface area contributed by atoms with Crippen molar-refractivity contribution < 1.29 is 4.74 Å². The van der Waals surface area contributed by atoms with E-state index in [1.807, 2.05) is 48.5 Å². The van der Waals surface area contributed by atoms with E-state index >= 15 is 0 Å². The van der Waals surface area contributed by atoms with E-state index in [9.17, 15) is 4.79 Å². The number of rotatable bonds is 5. The Morgan fingerprint density at radius 1 is 1.31 bits per heavy atom. The molecule has 0 aliphatic heterocycles. The first-order valence-electron chi connectivity index (χ1n) is 7.73. The van der Waals surface area contributed by atoms with E-state index in [0.29, 0.717) is 17.4 Å². The van der Waals surface area contributed by atoms with E-state index in [2.05, 4.69) is 15.3 Å². The second-order valence-electron chi connectivity index (χ2n) is 5.46. The average molecular weight is 387 g/mol. The second kappa shape index (κ2) is 8.07. The van der Waals surface area contributed by atoms with Crippen molar-refractivity contribution in [3.8, 4) is 5.75 Å². The fraction of sp³-hybridized carbons (Fsp3) is 0.111. The minimum atomic E-state index is -0.361. The first-order chi connectivity index (χ1) is 12.5. The van der Waals surface area contributed by atoms with Crippen molar-refractivity contribution in [2.45, 2.75) is 13.5 Å². The number of hydrogen-bond acceptors (Lipinski definition) is 5. The Morgan fingerprint density at radius 2 is 2.08 bits per heavy atom. The molecule has 1 heterocycles. The van der Waals surface area contributed by atoms with E-state index in [-0.39, 0.29) is 16.0 Å². The number of hydrogen-bond donors (Lipinski definition) is 1. The third-order valence-electron chi connectivity index (χ3n) is 3.51. The number of H-pyrrole nitrogens is 1. The lowest BCUT2D eigenvalue weighted by Crippen LogP contribution is -2.22. The van der Waals surface area contributed by atoms with Gasteiger partial charge in [0.05, 0.1) is 6.21 Å². The Hall–Kier alpha value is -2.77. The van der Waals surface area contributed by atoms with Crippen LogP contribution in [0.1, 0.15) is 16.8 Å². The minimum Gasteiger partial charge on any atom is -0.489 e. The number of nitrogens with zero attached hydrogens (tertiary/aromatic N) is 3. The first-order valence-corrected chi connectivity index (χ1v) is 8.51. The van der Waals surface area contributed by atoms with Gasteiger partial charge in [-0.15, -0.1) is 0 Å². The highest BCUT2D eigenvalue weighted by Crippen LogP contribution is 2.15. The van der Waals surface area contributed by atoms with E-state index in [1.165, 1.54) is 0 Å². The van der Waals surface area contributed by atoms with Crippen LogP contribution in [-0.4, -0.2) is 21.1 Å². The Bertz CT molecular complexity index is 1060. The molecule has 0 spiro atoms. The largest absolute Gasteiger partial charge is 0.489 e. The third-order valence-corrected chi connectivity index (χ3v) is 4.03. The summed E-state index contributed by atoms with van der Waals surface area (Å²) in [4.78, 5) is 12.0. The van der Waals surface area contributed by atoms with Gasteiger partial charge in [-0.25, -0.2) is 0 Å². The predicted molar refractivity (Wildman–Crippen MR) is 104 cm³/mol. The topological polar surface area (TPSA) is 72.3 Å². The van der Waals surface area contributed by atoms with Gasteiger partial charge in [-0.05, 0) is 54.5 Å². The van der Waals surface area contributed by atoms with Crippen LogP contribution in [-0.2, 0) is 6.61 Å². The fourth-order valence-electron chi connectivity index (χ4n) is 2.13. The molecule has 0 amide bonds. The normalized spacial score (nSPS) is 11.0. The average Bonchev–Trinajstić information content (AvgIpc) is 2.65. The van der Waals surface area contributed by atoms with Gasteiger partial charge in [0.1, 0.15) is 18.1 Å². The van der Waals surface area contributed by atoms with Crippen LogP contribution in [0.25, 0.3) is 0 Å². The molecule has 8 heteroatoms. The summed E-state index contributed by atoms with van der Waals surface area (Å²) < 4.78 is 7.01. The molecule has 1 N–H and O–H groups in total. The van der Waals surface area contributed by atoms with Gasteiger partial charge in [-0.3, -0.25) is 9.89 Å². The molecule has 1 aromatic heterocycles. The van der Waals surface area contributed by atoms with Gasteiger partial charge in [0.15, 0.2) is 0 Å². The van der Waals surface area contributed by atoms with E-state index in [4.69, 9.17) is 28.6 Å². The summed E-state index contributed by atoms with van der Waals surface area (Å²) in [6.07, 6.45) is 1.54. The Balaban J connectivity index is 1.75. The van der Waals surface area contributed by atoms with Gasteiger partial charge >= 0.3 is 0 Å². The number of halogens is 1. The van der Waals surface area contributed by atoms with Crippen molar-refractivity contribution in [1.82, 2.24) is 14.9 Å². The molecule has 0 aliphatic rings. The summed E-state index contributed by atoms with van der Waals surface area (Å²) in [5.41, 5.74) is 1.71. The third kappa shape index (κ3) is 4.44. The number of ether oxygens (including phenoxy) is 1. The van der Waals surface area contributed by atoms with Crippen LogP contribution < -0.4 is 10.3 Å². The SMILES string of the molecule is Cc1n[nH]c(=S)n(/N=C/c2cccc(OCc3ccc(Cl)cc3)c2)c1=O. The molecule has 0 fully saturated rings. The van der Waals surface area contributed by atoms with Gasteiger partial charge < -0.3 is 4.74 Å². The molecule has 0 saturated carbocycles. The molecule has 3 rings (SSSR count). The second-order valence-corrected chi connectivity index (χ2v) is 6.29. The monoisotopic (exact) mass is 386 g/mol. The first kappa shape index (κ1) is 18.0. The zero-order valence-corrected chi connectivity index (χ0v) is 15.4. The molecule has 0 atom stereocenters. The fourth-order valence-corrected chi connectivity index (χ4v) is 2.44. The summed E-state index contributed by atoms with van der Waals surface area (Å²) >= 11 is 10.9. The number of benzene rings is 2.